The van der Waals surface area contributed by atoms with Crippen molar-refractivity contribution in [3.05, 3.63) is 14.5 Å². The predicted octanol–water partition coefficient (Wildman–Crippen LogP) is 1.44. The van der Waals surface area contributed by atoms with Crippen molar-refractivity contribution in [1.29, 1.82) is 0 Å². The number of halogens is 1. The molecule has 0 fully saturated rings. The first kappa shape index (κ1) is 7.18. The van der Waals surface area contributed by atoms with Crippen LogP contribution < -0.4 is 0 Å². The van der Waals surface area contributed by atoms with E-state index in [1.807, 2.05) is 6.92 Å². The minimum atomic E-state index is 0.342. The van der Waals surface area contributed by atoms with Gasteiger partial charge in [0, 0.05) is 0 Å². The van der Waals surface area contributed by atoms with Gasteiger partial charge in [-0.1, -0.05) is 0 Å². The number of hydrogen-bond donors (Lipinski definition) is 0. The van der Waals surface area contributed by atoms with E-state index in [0.29, 0.717) is 6.61 Å². The highest BCUT2D eigenvalue weighted by molar-refractivity contribution is 9.11. The average molecular weight is 209 g/mol. The van der Waals surface area contributed by atoms with Crippen LogP contribution in [-0.2, 0) is 6.61 Å². The molecule has 1 aromatic rings. The molecule has 1 rings (SSSR count). The summed E-state index contributed by atoms with van der Waals surface area (Å²) in [6.07, 6.45) is 0. The van der Waals surface area contributed by atoms with Gasteiger partial charge in [-0.25, -0.2) is 4.98 Å². The maximum Gasteiger partial charge on any atom is 0.181 e. The molecule has 0 saturated carbocycles. The molecule has 0 bridgehead atoms. The van der Waals surface area contributed by atoms with Gasteiger partial charge in [0.05, 0.1) is 5.69 Å². The molecule has 1 heterocycles. The largest absolute Gasteiger partial charge is 0.441 e. The maximum atomic E-state index is 7.05. The van der Waals surface area contributed by atoms with Crippen LogP contribution >= 0.6 is 27.3 Å². The second-order valence-corrected chi connectivity index (χ2v) is 4.01. The maximum absolute atomic E-state index is 7.05. The lowest BCUT2D eigenvalue weighted by atomic mass is 10.4. The number of hydrogen-bond acceptors (Lipinski definition) is 2. The molecule has 9 heavy (non-hydrogen) atoms. The van der Waals surface area contributed by atoms with Crippen LogP contribution in [0.1, 0.15) is 10.6 Å². The van der Waals surface area contributed by atoms with Gasteiger partial charge in [-0.15, -0.1) is 11.3 Å². The molecule has 2 nitrogen and oxygen atoms in total. The normalized spacial score (nSPS) is 10.1. The van der Waals surface area contributed by atoms with Gasteiger partial charge in [-0.05, 0) is 22.9 Å². The molecule has 1 aromatic heterocycles. The van der Waals surface area contributed by atoms with E-state index in [9.17, 15) is 0 Å². The van der Waals surface area contributed by atoms with Crippen molar-refractivity contribution >= 4 is 27.3 Å². The Kier molecular flexibility index (Phi) is 2.21. The standard InChI is InChI=1S/C5H6BrNOS/c1-3-4(2-8)9-5(6)7-3/h8H,2H2,1H3/p+1. The zero-order chi connectivity index (χ0) is 6.85. The van der Waals surface area contributed by atoms with Crippen LogP contribution in [0.2, 0.25) is 0 Å². The summed E-state index contributed by atoms with van der Waals surface area (Å²) in [6, 6.07) is 0. The van der Waals surface area contributed by atoms with Gasteiger partial charge >= 0.3 is 0 Å². The van der Waals surface area contributed by atoms with E-state index in [2.05, 4.69) is 20.9 Å². The van der Waals surface area contributed by atoms with Crippen LogP contribution in [-0.4, -0.2) is 10.1 Å². The summed E-state index contributed by atoms with van der Waals surface area (Å²) < 4.78 is 0.877. The quantitative estimate of drug-likeness (QED) is 0.644. The number of thiazole rings is 1. The van der Waals surface area contributed by atoms with Gasteiger partial charge in [-0.3, -0.25) is 0 Å². The number of aryl methyl sites for hydroxylation is 1. The number of nitrogens with zero attached hydrogens (tertiary/aromatic N) is 1. The molecule has 0 aliphatic heterocycles. The van der Waals surface area contributed by atoms with Crippen molar-refractivity contribution in [2.45, 2.75) is 13.5 Å². The minimum Gasteiger partial charge on any atom is -0.441 e. The van der Waals surface area contributed by atoms with Gasteiger partial charge in [-0.2, -0.15) is 0 Å². The van der Waals surface area contributed by atoms with Gasteiger partial charge in [0.1, 0.15) is 4.88 Å². The van der Waals surface area contributed by atoms with Crippen LogP contribution in [0, 0.1) is 6.92 Å². The van der Waals surface area contributed by atoms with E-state index in [0.717, 1.165) is 14.5 Å². The summed E-state index contributed by atoms with van der Waals surface area (Å²) in [7, 11) is 0. The second-order valence-electron chi connectivity index (χ2n) is 1.65. The van der Waals surface area contributed by atoms with E-state index in [1.165, 1.54) is 11.3 Å². The summed E-state index contributed by atoms with van der Waals surface area (Å²) >= 11 is 4.78. The van der Waals surface area contributed by atoms with Crippen LogP contribution in [0.25, 0.3) is 0 Å². The molecule has 50 valence electrons. The Hall–Kier alpha value is 0.0700. The summed E-state index contributed by atoms with van der Waals surface area (Å²) in [4.78, 5) is 5.14. The average Bonchev–Trinajstić information content (AvgIpc) is 2.10. The SMILES string of the molecule is Cc1nc(Br)sc1C[OH2+]. The Morgan fingerprint density at radius 3 is 2.67 bits per heavy atom. The van der Waals surface area contributed by atoms with Gasteiger partial charge < -0.3 is 5.11 Å². The molecule has 0 aliphatic carbocycles. The Labute approximate surface area is 65.7 Å². The zero-order valence-electron chi connectivity index (χ0n) is 4.94. The van der Waals surface area contributed by atoms with Crippen molar-refractivity contribution in [3.8, 4) is 0 Å². The topological polar surface area (TPSA) is 35.8 Å². The molecule has 2 N–H and O–H groups in total. The molecule has 0 radical (unpaired) electrons. The zero-order valence-corrected chi connectivity index (χ0v) is 7.34. The highest BCUT2D eigenvalue weighted by Crippen LogP contribution is 2.21. The van der Waals surface area contributed by atoms with Crippen LogP contribution in [0.3, 0.4) is 0 Å². The van der Waals surface area contributed by atoms with E-state index in [1.54, 1.807) is 0 Å². The molecule has 0 unspecified atom stereocenters. The molecule has 0 aromatic carbocycles. The molecule has 0 spiro atoms. The van der Waals surface area contributed by atoms with Crippen molar-refractivity contribution in [3.63, 3.8) is 0 Å². The second kappa shape index (κ2) is 2.77. The fraction of sp³-hybridized carbons (Fsp3) is 0.400. The summed E-state index contributed by atoms with van der Waals surface area (Å²) in [5.41, 5.74) is 0.974. The summed E-state index contributed by atoms with van der Waals surface area (Å²) in [6.45, 7) is 2.26. The van der Waals surface area contributed by atoms with E-state index in [4.69, 9.17) is 5.11 Å². The van der Waals surface area contributed by atoms with Crippen molar-refractivity contribution in [1.82, 2.24) is 4.98 Å². The third-order valence-corrected chi connectivity index (χ3v) is 2.64. The van der Waals surface area contributed by atoms with Gasteiger partial charge in [0.2, 0.25) is 0 Å². The van der Waals surface area contributed by atoms with Crippen LogP contribution in [0.4, 0.5) is 0 Å². The molecule has 4 heteroatoms. The Balaban J connectivity index is 3.01. The monoisotopic (exact) mass is 208 g/mol. The molecule has 0 saturated heterocycles. The minimum absolute atomic E-state index is 0.342. The first-order chi connectivity index (χ1) is 4.24. The number of rotatable bonds is 1. The van der Waals surface area contributed by atoms with Gasteiger partial charge in [0.25, 0.3) is 0 Å². The van der Waals surface area contributed by atoms with E-state index in [-0.39, 0.29) is 0 Å². The van der Waals surface area contributed by atoms with Crippen LogP contribution in [0.15, 0.2) is 3.92 Å². The lowest BCUT2D eigenvalue weighted by molar-refractivity contribution is 0.284. The Morgan fingerprint density at radius 2 is 2.44 bits per heavy atom. The highest BCUT2D eigenvalue weighted by Gasteiger charge is 2.04. The lowest BCUT2D eigenvalue weighted by Gasteiger charge is -1.81. The van der Waals surface area contributed by atoms with E-state index >= 15 is 0 Å². The van der Waals surface area contributed by atoms with Gasteiger partial charge in [0.15, 0.2) is 10.5 Å². The summed E-state index contributed by atoms with van der Waals surface area (Å²) in [5.74, 6) is 0. The van der Waals surface area contributed by atoms with Crippen molar-refractivity contribution in [2.75, 3.05) is 0 Å². The van der Waals surface area contributed by atoms with Crippen LogP contribution in [0.5, 0.6) is 0 Å². The molecular formula is C5H7BrNOS+. The van der Waals surface area contributed by atoms with Crippen molar-refractivity contribution in [2.24, 2.45) is 0 Å². The molecule has 0 amide bonds. The lowest BCUT2D eigenvalue weighted by Crippen LogP contribution is -1.79. The first-order valence-electron chi connectivity index (χ1n) is 2.50. The third kappa shape index (κ3) is 1.50. The third-order valence-electron chi connectivity index (χ3n) is 1.03. The Bertz CT molecular complexity index is 211. The molecule has 0 atom stereocenters. The van der Waals surface area contributed by atoms with Crippen molar-refractivity contribution < 1.29 is 5.11 Å². The Morgan fingerprint density at radius 1 is 1.78 bits per heavy atom. The first-order valence-corrected chi connectivity index (χ1v) is 4.11. The fourth-order valence-corrected chi connectivity index (χ4v) is 2.06. The smallest absolute Gasteiger partial charge is 0.181 e. The fourth-order valence-electron chi connectivity index (χ4n) is 0.557. The van der Waals surface area contributed by atoms with E-state index < -0.39 is 0 Å². The molecular weight excluding hydrogens is 202 g/mol. The predicted molar refractivity (Wildman–Crippen MR) is 41.9 cm³/mol. The number of aromatic nitrogens is 1. The summed E-state index contributed by atoms with van der Waals surface area (Å²) in [5, 5.41) is 7.05. The highest BCUT2D eigenvalue weighted by atomic mass is 79.9. The molecule has 0 aliphatic rings.